The molecule has 0 aromatic carbocycles. The maximum absolute atomic E-state index is 12.9. The third-order valence-electron chi connectivity index (χ3n) is 2.86. The number of rotatable bonds is 0. The van der Waals surface area contributed by atoms with E-state index >= 15 is 0 Å². The average Bonchev–Trinajstić information content (AvgIpc) is 2.05. The van der Waals surface area contributed by atoms with Gasteiger partial charge in [-0.15, -0.1) is 0 Å². The zero-order valence-corrected chi connectivity index (χ0v) is 7.19. The minimum absolute atomic E-state index is 0.339. The minimum Gasteiger partial charge on any atom is -0.244 e. The van der Waals surface area contributed by atoms with Crippen molar-refractivity contribution in [3.63, 3.8) is 0 Å². The first kappa shape index (κ1) is 8.95. The Bertz CT molecular complexity index is 111. The van der Waals surface area contributed by atoms with Crippen molar-refractivity contribution in [3.8, 4) is 0 Å². The van der Waals surface area contributed by atoms with Gasteiger partial charge in [0.25, 0.3) is 0 Å². The van der Waals surface area contributed by atoms with Crippen LogP contribution in [-0.2, 0) is 0 Å². The van der Waals surface area contributed by atoms with Gasteiger partial charge in [-0.1, -0.05) is 13.8 Å². The maximum atomic E-state index is 12.9. The first-order chi connectivity index (χ1) is 5.11. The van der Waals surface area contributed by atoms with Gasteiger partial charge in [-0.3, -0.25) is 0 Å². The lowest BCUT2D eigenvalue weighted by molar-refractivity contribution is 0.149. The zero-order chi connectivity index (χ0) is 8.43. The van der Waals surface area contributed by atoms with Crippen LogP contribution in [0.2, 0.25) is 0 Å². The molecule has 0 N–H and O–H groups in total. The Morgan fingerprint density at radius 2 is 1.55 bits per heavy atom. The predicted octanol–water partition coefficient (Wildman–Crippen LogP) is 3.12. The van der Waals surface area contributed by atoms with Gasteiger partial charge in [0.2, 0.25) is 0 Å². The van der Waals surface area contributed by atoms with Crippen LogP contribution in [0.5, 0.6) is 0 Å². The number of alkyl halides is 2. The van der Waals surface area contributed by atoms with Crippen LogP contribution in [0.1, 0.15) is 33.1 Å². The molecule has 0 amide bonds. The Balaban J connectivity index is 2.51. The summed E-state index contributed by atoms with van der Waals surface area (Å²) in [4.78, 5) is 0. The third kappa shape index (κ3) is 2.14. The van der Waals surface area contributed by atoms with E-state index in [1.165, 1.54) is 0 Å². The molecule has 2 heteroatoms. The third-order valence-corrected chi connectivity index (χ3v) is 2.86. The van der Waals surface area contributed by atoms with Gasteiger partial charge in [0, 0.05) is 0 Å². The molecule has 4 unspecified atom stereocenters. The maximum Gasteiger partial charge on any atom is 0.131 e. The van der Waals surface area contributed by atoms with E-state index in [1.54, 1.807) is 0 Å². The second-order valence-corrected chi connectivity index (χ2v) is 3.80. The summed E-state index contributed by atoms with van der Waals surface area (Å²) in [7, 11) is 0. The summed E-state index contributed by atoms with van der Waals surface area (Å²) in [6.07, 6.45) is -0.769. The molecule has 0 radical (unpaired) electrons. The summed E-state index contributed by atoms with van der Waals surface area (Å²) in [5, 5.41) is 0. The fourth-order valence-corrected chi connectivity index (χ4v) is 1.62. The lowest BCUT2D eigenvalue weighted by atomic mass is 9.91. The molecule has 1 fully saturated rings. The highest BCUT2D eigenvalue weighted by Crippen LogP contribution is 2.31. The fraction of sp³-hybridized carbons (Fsp3) is 1.00. The molecule has 0 bridgehead atoms. The Hall–Kier alpha value is -0.140. The van der Waals surface area contributed by atoms with Crippen molar-refractivity contribution in [2.45, 2.75) is 45.5 Å². The van der Waals surface area contributed by atoms with Crippen molar-refractivity contribution < 1.29 is 8.78 Å². The van der Waals surface area contributed by atoms with E-state index in [2.05, 4.69) is 6.92 Å². The summed E-state index contributed by atoms with van der Waals surface area (Å²) < 4.78 is 25.7. The summed E-state index contributed by atoms with van der Waals surface area (Å²) in [5.74, 6) is 0.819. The standard InChI is InChI=1S/C9H16F2/c1-6-3-4-8(10)9(11)5-7(6)2/h6-9H,3-5H2,1-2H3. The lowest BCUT2D eigenvalue weighted by Gasteiger charge is -2.15. The molecule has 11 heavy (non-hydrogen) atoms. The first-order valence-corrected chi connectivity index (χ1v) is 4.39. The van der Waals surface area contributed by atoms with Crippen molar-refractivity contribution in [2.24, 2.45) is 11.8 Å². The van der Waals surface area contributed by atoms with Crippen molar-refractivity contribution >= 4 is 0 Å². The highest BCUT2D eigenvalue weighted by Gasteiger charge is 2.29. The van der Waals surface area contributed by atoms with E-state index in [9.17, 15) is 8.78 Å². The molecule has 0 aliphatic heterocycles. The Morgan fingerprint density at radius 3 is 2.18 bits per heavy atom. The van der Waals surface area contributed by atoms with Gasteiger partial charge in [-0.25, -0.2) is 8.78 Å². The molecule has 0 heterocycles. The van der Waals surface area contributed by atoms with Crippen LogP contribution in [-0.4, -0.2) is 12.3 Å². The van der Waals surface area contributed by atoms with Crippen molar-refractivity contribution in [2.75, 3.05) is 0 Å². The van der Waals surface area contributed by atoms with Crippen LogP contribution >= 0.6 is 0 Å². The van der Waals surface area contributed by atoms with Gasteiger partial charge in [-0.2, -0.15) is 0 Å². The van der Waals surface area contributed by atoms with Crippen LogP contribution < -0.4 is 0 Å². The van der Waals surface area contributed by atoms with Crippen LogP contribution in [0.4, 0.5) is 8.78 Å². The molecule has 0 aromatic heterocycles. The van der Waals surface area contributed by atoms with E-state index in [-0.39, 0.29) is 0 Å². The Morgan fingerprint density at radius 1 is 0.909 bits per heavy atom. The summed E-state index contributed by atoms with van der Waals surface area (Å²) >= 11 is 0. The SMILES string of the molecule is CC1CCC(F)C(F)CC1C. The van der Waals surface area contributed by atoms with Gasteiger partial charge < -0.3 is 0 Å². The largest absolute Gasteiger partial charge is 0.244 e. The molecule has 1 aliphatic rings. The molecule has 1 saturated carbocycles. The van der Waals surface area contributed by atoms with Gasteiger partial charge in [0.1, 0.15) is 12.3 Å². The monoisotopic (exact) mass is 162 g/mol. The summed E-state index contributed by atoms with van der Waals surface area (Å²) in [6.45, 7) is 4.09. The number of halogens is 2. The fourth-order valence-electron chi connectivity index (χ4n) is 1.62. The molecule has 0 spiro atoms. The lowest BCUT2D eigenvalue weighted by Crippen LogP contribution is -2.16. The topological polar surface area (TPSA) is 0 Å². The number of hydrogen-bond acceptors (Lipinski definition) is 0. The van der Waals surface area contributed by atoms with Crippen molar-refractivity contribution in [3.05, 3.63) is 0 Å². The Labute approximate surface area is 67.0 Å². The quantitative estimate of drug-likeness (QED) is 0.480. The average molecular weight is 162 g/mol. The van der Waals surface area contributed by atoms with Crippen LogP contribution in [0.15, 0.2) is 0 Å². The Kier molecular flexibility index (Phi) is 2.85. The number of hydrogen-bond donors (Lipinski definition) is 0. The van der Waals surface area contributed by atoms with Crippen LogP contribution in [0, 0.1) is 11.8 Å². The van der Waals surface area contributed by atoms with E-state index in [1.807, 2.05) is 6.92 Å². The summed E-state index contributed by atoms with van der Waals surface area (Å²) in [6, 6.07) is 0. The van der Waals surface area contributed by atoms with Gasteiger partial charge >= 0.3 is 0 Å². The van der Waals surface area contributed by atoms with Crippen LogP contribution in [0.25, 0.3) is 0 Å². The van der Waals surface area contributed by atoms with E-state index in [0.717, 1.165) is 6.42 Å². The summed E-state index contributed by atoms with van der Waals surface area (Å²) in [5.41, 5.74) is 0. The second-order valence-electron chi connectivity index (χ2n) is 3.80. The van der Waals surface area contributed by atoms with E-state index < -0.39 is 12.3 Å². The molecule has 1 rings (SSSR count). The normalized spacial score (nSPS) is 46.9. The first-order valence-electron chi connectivity index (χ1n) is 4.39. The molecule has 66 valence electrons. The van der Waals surface area contributed by atoms with Crippen LogP contribution in [0.3, 0.4) is 0 Å². The molecule has 0 aromatic rings. The molecular formula is C9H16F2. The molecular weight excluding hydrogens is 146 g/mol. The molecule has 0 saturated heterocycles. The molecule has 1 aliphatic carbocycles. The minimum atomic E-state index is -1.21. The zero-order valence-electron chi connectivity index (χ0n) is 7.19. The van der Waals surface area contributed by atoms with Gasteiger partial charge in [0.05, 0.1) is 0 Å². The highest BCUT2D eigenvalue weighted by atomic mass is 19.2. The predicted molar refractivity (Wildman–Crippen MR) is 42.0 cm³/mol. The van der Waals surface area contributed by atoms with E-state index in [0.29, 0.717) is 24.7 Å². The second kappa shape index (κ2) is 3.51. The van der Waals surface area contributed by atoms with Gasteiger partial charge in [-0.05, 0) is 31.1 Å². The highest BCUT2D eigenvalue weighted by molar-refractivity contribution is 4.78. The smallest absolute Gasteiger partial charge is 0.131 e. The van der Waals surface area contributed by atoms with Crippen molar-refractivity contribution in [1.82, 2.24) is 0 Å². The van der Waals surface area contributed by atoms with E-state index in [4.69, 9.17) is 0 Å². The van der Waals surface area contributed by atoms with Gasteiger partial charge in [0.15, 0.2) is 0 Å². The van der Waals surface area contributed by atoms with Crippen molar-refractivity contribution in [1.29, 1.82) is 0 Å². The molecule has 4 atom stereocenters. The molecule has 0 nitrogen and oxygen atoms in total.